The maximum absolute atomic E-state index is 14.2. The molecule has 11 nitrogen and oxygen atoms in total. The molecule has 0 radical (unpaired) electrons. The molecule has 0 saturated heterocycles. The van der Waals surface area contributed by atoms with E-state index in [4.69, 9.17) is 37.7 Å². The minimum atomic E-state index is -0.410. The van der Waals surface area contributed by atoms with Crippen molar-refractivity contribution in [2.75, 3.05) is 25.7 Å². The molecule has 2 atom stereocenters. The maximum Gasteiger partial charge on any atom is 0.330 e. The number of carbonyl (C=O) groups is 2. The summed E-state index contributed by atoms with van der Waals surface area (Å²) in [5.41, 5.74) is 3.42. The van der Waals surface area contributed by atoms with Crippen molar-refractivity contribution in [3.8, 4) is 11.5 Å². The van der Waals surface area contributed by atoms with E-state index in [1.54, 1.807) is 11.6 Å². The molecule has 2 aromatic rings. The lowest BCUT2D eigenvalue weighted by atomic mass is 9.90. The number of hydrogen-bond donors (Lipinski definition) is 2. The van der Waals surface area contributed by atoms with Crippen LogP contribution in [0.1, 0.15) is 38.3 Å². The van der Waals surface area contributed by atoms with Crippen LogP contribution >= 0.6 is 34.5 Å². The number of ether oxygens (including phenoxy) is 2. The number of nitrogens with one attached hydrogen (secondary N) is 2. The van der Waals surface area contributed by atoms with Crippen LogP contribution in [0.3, 0.4) is 0 Å². The molecule has 2 N–H and O–H groups in total. The monoisotopic (exact) mass is 633 g/mol. The van der Waals surface area contributed by atoms with Gasteiger partial charge in [-0.1, -0.05) is 42.6 Å². The fraction of sp³-hybridized carbons (Fsp3) is 0.393. The predicted octanol–water partition coefficient (Wildman–Crippen LogP) is 5.40. The van der Waals surface area contributed by atoms with Gasteiger partial charge in [-0.15, -0.1) is 11.3 Å². The summed E-state index contributed by atoms with van der Waals surface area (Å²) >= 11 is 14.8. The SMILES string of the molecule is C=CC(=O)N[C@H]1CCCC[C@H]1N=C(N=C)NC1=C(C)CN(c2c(Cl)c(OC)cc(OC)c2Cl)C(=O)N1Cc1cscn1. The fourth-order valence-corrected chi connectivity index (χ4v) is 6.24. The van der Waals surface area contributed by atoms with Crippen LogP contribution < -0.4 is 25.0 Å². The Kier molecular flexibility index (Phi) is 10.5. The van der Waals surface area contributed by atoms with Crippen molar-refractivity contribution >= 4 is 64.8 Å². The molecule has 1 aliphatic heterocycles. The summed E-state index contributed by atoms with van der Waals surface area (Å²) in [7, 11) is 2.95. The highest BCUT2D eigenvalue weighted by Gasteiger charge is 2.37. The molecule has 0 spiro atoms. The number of hydrogen-bond acceptors (Lipinski definition) is 7. The molecule has 0 unspecified atom stereocenters. The number of aromatic nitrogens is 1. The second-order valence-electron chi connectivity index (χ2n) is 9.73. The van der Waals surface area contributed by atoms with Crippen molar-refractivity contribution < 1.29 is 19.1 Å². The molecule has 1 aromatic carbocycles. The zero-order chi connectivity index (χ0) is 30.4. The largest absolute Gasteiger partial charge is 0.495 e. The molecule has 1 saturated carbocycles. The van der Waals surface area contributed by atoms with E-state index in [0.29, 0.717) is 23.0 Å². The first-order valence-corrected chi connectivity index (χ1v) is 14.9. The van der Waals surface area contributed by atoms with Gasteiger partial charge in [0.2, 0.25) is 11.9 Å². The predicted molar refractivity (Wildman–Crippen MR) is 167 cm³/mol. The average Bonchev–Trinajstić information content (AvgIpc) is 3.51. The number of halogens is 2. The number of thiazole rings is 1. The van der Waals surface area contributed by atoms with Crippen LogP contribution in [0.5, 0.6) is 11.5 Å². The van der Waals surface area contributed by atoms with Gasteiger partial charge >= 0.3 is 6.03 Å². The van der Waals surface area contributed by atoms with Crippen LogP contribution in [0, 0.1) is 0 Å². The van der Waals surface area contributed by atoms with Crippen molar-refractivity contribution in [3.05, 3.63) is 56.7 Å². The average molecular weight is 635 g/mol. The number of nitrogens with zero attached hydrogens (tertiary/aromatic N) is 5. The van der Waals surface area contributed by atoms with Crippen LogP contribution in [0.2, 0.25) is 10.0 Å². The Labute approximate surface area is 258 Å². The van der Waals surface area contributed by atoms with Gasteiger partial charge in [-0.3, -0.25) is 14.6 Å². The van der Waals surface area contributed by atoms with Gasteiger partial charge in [0.05, 0.1) is 56.3 Å². The van der Waals surface area contributed by atoms with E-state index in [-0.39, 0.29) is 52.8 Å². The molecule has 1 aliphatic carbocycles. The summed E-state index contributed by atoms with van der Waals surface area (Å²) < 4.78 is 10.9. The first kappa shape index (κ1) is 31.3. The third kappa shape index (κ3) is 6.71. The third-order valence-corrected chi connectivity index (χ3v) is 8.43. The molecule has 2 heterocycles. The fourth-order valence-electron chi connectivity index (χ4n) is 4.99. The van der Waals surface area contributed by atoms with Gasteiger partial charge in [0.15, 0.2) is 0 Å². The van der Waals surface area contributed by atoms with Gasteiger partial charge in [0.25, 0.3) is 0 Å². The van der Waals surface area contributed by atoms with Crippen LogP contribution in [0.15, 0.2) is 51.0 Å². The van der Waals surface area contributed by atoms with Gasteiger partial charge < -0.3 is 20.1 Å². The number of benzene rings is 1. The van der Waals surface area contributed by atoms with Crippen molar-refractivity contribution in [1.82, 2.24) is 20.5 Å². The summed E-state index contributed by atoms with van der Waals surface area (Å²) in [6.45, 7) is 9.43. The first-order chi connectivity index (χ1) is 20.2. The Morgan fingerprint density at radius 3 is 2.52 bits per heavy atom. The zero-order valence-corrected chi connectivity index (χ0v) is 26.0. The molecule has 1 fully saturated rings. The van der Waals surface area contributed by atoms with Crippen LogP contribution in [0.25, 0.3) is 0 Å². The molecule has 3 amide bonds. The quantitative estimate of drug-likeness (QED) is 0.217. The summed E-state index contributed by atoms with van der Waals surface area (Å²) in [6.07, 6.45) is 4.75. The standard InChI is InChI=1S/C28H33Cl2N7O4S/c1-6-22(38)33-18-9-7-8-10-19(18)34-27(31-3)35-26-16(2)12-36(28(39)37(26)13-17-14-42-15-32-17)25-23(29)20(40-4)11-21(41-5)24(25)30/h6,11,14-15,18-19H,1,3,7-10,12-13H2,2,4-5H3,(H,33,38)(H,34,35)/t18-,19+/m0/s1. The molecule has 4 rings (SSSR count). The van der Waals surface area contributed by atoms with Crippen molar-refractivity contribution in [2.45, 2.75) is 51.2 Å². The highest BCUT2D eigenvalue weighted by atomic mass is 35.5. The number of aliphatic imine (C=N–C) groups is 2. The van der Waals surface area contributed by atoms with Gasteiger partial charge in [0, 0.05) is 11.4 Å². The number of urea groups is 1. The smallest absolute Gasteiger partial charge is 0.330 e. The van der Waals surface area contributed by atoms with Gasteiger partial charge in [-0.05, 0) is 38.1 Å². The maximum atomic E-state index is 14.2. The van der Waals surface area contributed by atoms with Crippen molar-refractivity contribution in [2.24, 2.45) is 9.98 Å². The van der Waals surface area contributed by atoms with E-state index >= 15 is 0 Å². The molecule has 1 aromatic heterocycles. The number of amides is 3. The number of carbonyl (C=O) groups excluding carboxylic acids is 2. The summed E-state index contributed by atoms with van der Waals surface area (Å²) in [5.74, 6) is 1.10. The minimum absolute atomic E-state index is 0.149. The van der Waals surface area contributed by atoms with E-state index in [2.05, 4.69) is 33.9 Å². The molecule has 0 bridgehead atoms. The normalized spacial score (nSPS) is 19.5. The molecular weight excluding hydrogens is 601 g/mol. The number of rotatable bonds is 9. The van der Waals surface area contributed by atoms with Crippen molar-refractivity contribution in [1.29, 1.82) is 0 Å². The summed E-state index contributed by atoms with van der Waals surface area (Å²) in [4.78, 5) is 42.5. The Morgan fingerprint density at radius 2 is 1.93 bits per heavy atom. The molecule has 2 aliphatic rings. The zero-order valence-electron chi connectivity index (χ0n) is 23.7. The highest BCUT2D eigenvalue weighted by molar-refractivity contribution is 7.07. The number of anilines is 1. The van der Waals surface area contributed by atoms with E-state index in [0.717, 1.165) is 31.3 Å². The Hall–Kier alpha value is -3.61. The van der Waals surface area contributed by atoms with Gasteiger partial charge in [0.1, 0.15) is 27.4 Å². The Bertz CT molecular complexity index is 1390. The van der Waals surface area contributed by atoms with E-state index in [9.17, 15) is 9.59 Å². The Balaban J connectivity index is 1.73. The van der Waals surface area contributed by atoms with Gasteiger partial charge in [-0.25, -0.2) is 19.8 Å². The molecular formula is C28H33Cl2N7O4S. The van der Waals surface area contributed by atoms with Gasteiger partial charge in [-0.2, -0.15) is 0 Å². The number of methoxy groups -OCH3 is 2. The van der Waals surface area contributed by atoms with E-state index < -0.39 is 6.03 Å². The lowest BCUT2D eigenvalue weighted by Crippen LogP contribution is -2.52. The lowest BCUT2D eigenvalue weighted by molar-refractivity contribution is -0.117. The minimum Gasteiger partial charge on any atom is -0.495 e. The summed E-state index contributed by atoms with van der Waals surface area (Å²) in [6, 6.07) is 0.771. The van der Waals surface area contributed by atoms with Crippen molar-refractivity contribution in [3.63, 3.8) is 0 Å². The first-order valence-electron chi connectivity index (χ1n) is 13.2. The van der Waals surface area contributed by atoms with Crippen LogP contribution in [-0.2, 0) is 11.3 Å². The Morgan fingerprint density at radius 1 is 1.24 bits per heavy atom. The van der Waals surface area contributed by atoms with E-state index in [1.165, 1.54) is 41.4 Å². The highest BCUT2D eigenvalue weighted by Crippen LogP contribution is 2.47. The molecule has 14 heteroatoms. The van der Waals surface area contributed by atoms with E-state index in [1.807, 2.05) is 12.3 Å². The summed E-state index contributed by atoms with van der Waals surface area (Å²) in [5, 5.41) is 8.42. The molecule has 224 valence electrons. The molecule has 42 heavy (non-hydrogen) atoms. The lowest BCUT2D eigenvalue weighted by Gasteiger charge is -2.39. The second-order valence-corrected chi connectivity index (χ2v) is 11.2. The van der Waals surface area contributed by atoms with Crippen LogP contribution in [0.4, 0.5) is 10.5 Å². The number of guanidine groups is 1. The second kappa shape index (κ2) is 14.0. The topological polar surface area (TPSA) is 121 Å². The third-order valence-electron chi connectivity index (χ3n) is 7.07. The van der Waals surface area contributed by atoms with Crippen LogP contribution in [-0.4, -0.2) is 67.3 Å².